The van der Waals surface area contributed by atoms with Gasteiger partial charge in [0.2, 0.25) is 5.89 Å². The highest BCUT2D eigenvalue weighted by molar-refractivity contribution is 6.39. The first-order chi connectivity index (χ1) is 10.1. The summed E-state index contributed by atoms with van der Waals surface area (Å²) >= 11 is 0. The van der Waals surface area contributed by atoms with Crippen molar-refractivity contribution >= 4 is 17.5 Å². The van der Waals surface area contributed by atoms with Crippen LogP contribution in [0.15, 0.2) is 34.9 Å². The topological polar surface area (TPSA) is 88.3 Å². The molecule has 110 valence electrons. The average Bonchev–Trinajstić information content (AvgIpc) is 2.90. The Balaban J connectivity index is 1.85. The van der Waals surface area contributed by atoms with Gasteiger partial charge in [-0.25, -0.2) is 0 Å². The van der Waals surface area contributed by atoms with Gasteiger partial charge in [-0.1, -0.05) is 23.4 Å². The van der Waals surface area contributed by atoms with E-state index in [1.807, 2.05) is 6.07 Å². The maximum atomic E-state index is 11.9. The van der Waals surface area contributed by atoms with Crippen molar-refractivity contribution in [1.82, 2.24) is 15.0 Å². The summed E-state index contributed by atoms with van der Waals surface area (Å²) in [4.78, 5) is 29.1. The van der Waals surface area contributed by atoms with Crippen molar-refractivity contribution in [2.75, 3.05) is 18.9 Å². The summed E-state index contributed by atoms with van der Waals surface area (Å²) in [6.07, 6.45) is 0.429. The van der Waals surface area contributed by atoms with Gasteiger partial charge in [0.05, 0.1) is 0 Å². The second-order valence-electron chi connectivity index (χ2n) is 4.53. The summed E-state index contributed by atoms with van der Waals surface area (Å²) in [7, 11) is 1.56. The highest BCUT2D eigenvalue weighted by atomic mass is 16.5. The number of nitrogens with zero attached hydrogens (tertiary/aromatic N) is 3. The van der Waals surface area contributed by atoms with Crippen molar-refractivity contribution in [1.29, 1.82) is 0 Å². The molecule has 0 radical (unpaired) electrons. The van der Waals surface area contributed by atoms with Crippen LogP contribution < -0.4 is 5.32 Å². The van der Waals surface area contributed by atoms with E-state index in [-0.39, 0.29) is 0 Å². The second-order valence-corrected chi connectivity index (χ2v) is 4.53. The fourth-order valence-corrected chi connectivity index (χ4v) is 1.69. The van der Waals surface area contributed by atoms with Crippen LogP contribution in [0.25, 0.3) is 0 Å². The van der Waals surface area contributed by atoms with Gasteiger partial charge in [0.1, 0.15) is 0 Å². The Kier molecular flexibility index (Phi) is 4.65. The number of likely N-dealkylation sites (N-methyl/N-ethyl adjacent to an activating group) is 1. The van der Waals surface area contributed by atoms with Crippen molar-refractivity contribution in [2.45, 2.75) is 13.3 Å². The van der Waals surface area contributed by atoms with E-state index in [2.05, 4.69) is 15.5 Å². The fourth-order valence-electron chi connectivity index (χ4n) is 1.69. The van der Waals surface area contributed by atoms with Crippen molar-refractivity contribution in [3.63, 3.8) is 0 Å². The van der Waals surface area contributed by atoms with Crippen LogP contribution in [0.5, 0.6) is 0 Å². The fraction of sp³-hybridized carbons (Fsp3) is 0.286. The molecule has 2 rings (SSSR count). The van der Waals surface area contributed by atoms with Crippen LogP contribution in [0.1, 0.15) is 11.7 Å². The molecule has 1 aromatic heterocycles. The van der Waals surface area contributed by atoms with Gasteiger partial charge in [-0.05, 0) is 12.1 Å². The molecule has 0 saturated carbocycles. The zero-order valence-electron chi connectivity index (χ0n) is 11.9. The first-order valence-corrected chi connectivity index (χ1v) is 6.47. The molecule has 0 unspecified atom stereocenters. The Morgan fingerprint density at radius 2 is 2.00 bits per heavy atom. The Morgan fingerprint density at radius 3 is 2.62 bits per heavy atom. The van der Waals surface area contributed by atoms with E-state index in [4.69, 9.17) is 4.52 Å². The average molecular weight is 288 g/mol. The van der Waals surface area contributed by atoms with Crippen molar-refractivity contribution in [3.8, 4) is 0 Å². The lowest BCUT2D eigenvalue weighted by molar-refractivity contribution is -0.142. The molecule has 0 aliphatic heterocycles. The van der Waals surface area contributed by atoms with Gasteiger partial charge >= 0.3 is 11.8 Å². The van der Waals surface area contributed by atoms with E-state index < -0.39 is 11.8 Å². The Hall–Kier alpha value is -2.70. The zero-order valence-corrected chi connectivity index (χ0v) is 11.9. The minimum Gasteiger partial charge on any atom is -0.340 e. The quantitative estimate of drug-likeness (QED) is 0.848. The highest BCUT2D eigenvalue weighted by Gasteiger charge is 2.19. The number of nitrogens with one attached hydrogen (secondary N) is 1. The third kappa shape index (κ3) is 4.13. The maximum absolute atomic E-state index is 11.9. The van der Waals surface area contributed by atoms with Crippen LogP contribution in [0.3, 0.4) is 0 Å². The molecule has 0 fully saturated rings. The Labute approximate surface area is 121 Å². The molecule has 7 nitrogen and oxygen atoms in total. The monoisotopic (exact) mass is 288 g/mol. The Bertz CT molecular complexity index is 624. The molecular weight excluding hydrogens is 272 g/mol. The third-order valence-electron chi connectivity index (χ3n) is 2.81. The molecule has 1 N–H and O–H groups in total. The normalized spacial score (nSPS) is 10.2. The standard InChI is InChI=1S/C14H16N4O3/c1-10-15-12(17-21-10)8-9-18(2)14(20)13(19)16-11-6-4-3-5-7-11/h3-7H,8-9H2,1-2H3,(H,16,19). The number of carbonyl (C=O) groups excluding carboxylic acids is 2. The van der Waals surface area contributed by atoms with E-state index in [1.54, 1.807) is 38.2 Å². The van der Waals surface area contributed by atoms with Crippen LogP contribution in [0.2, 0.25) is 0 Å². The SMILES string of the molecule is Cc1nc(CCN(C)C(=O)C(=O)Nc2ccccc2)no1. The molecule has 1 aromatic carbocycles. The summed E-state index contributed by atoms with van der Waals surface area (Å²) in [6, 6.07) is 8.82. The minimum atomic E-state index is -0.673. The number of para-hydroxylation sites is 1. The van der Waals surface area contributed by atoms with Gasteiger partial charge in [0, 0.05) is 32.6 Å². The first-order valence-electron chi connectivity index (χ1n) is 6.47. The van der Waals surface area contributed by atoms with E-state index in [0.717, 1.165) is 0 Å². The van der Waals surface area contributed by atoms with Crippen LogP contribution in [-0.4, -0.2) is 40.4 Å². The van der Waals surface area contributed by atoms with Gasteiger partial charge in [-0.3, -0.25) is 9.59 Å². The lowest BCUT2D eigenvalue weighted by atomic mass is 10.3. The molecule has 0 atom stereocenters. The summed E-state index contributed by atoms with van der Waals surface area (Å²) in [5.41, 5.74) is 0.582. The van der Waals surface area contributed by atoms with Crippen LogP contribution in [-0.2, 0) is 16.0 Å². The maximum Gasteiger partial charge on any atom is 0.313 e. The predicted molar refractivity (Wildman–Crippen MR) is 75.4 cm³/mol. The molecule has 0 bridgehead atoms. The number of hydrogen-bond acceptors (Lipinski definition) is 5. The smallest absolute Gasteiger partial charge is 0.313 e. The molecule has 1 heterocycles. The summed E-state index contributed by atoms with van der Waals surface area (Å²) in [5, 5.41) is 6.28. The van der Waals surface area contributed by atoms with Crippen molar-refractivity contribution < 1.29 is 14.1 Å². The molecule has 2 amide bonds. The lowest BCUT2D eigenvalue weighted by Gasteiger charge is -2.15. The number of aromatic nitrogens is 2. The van der Waals surface area contributed by atoms with E-state index in [0.29, 0.717) is 30.4 Å². The molecule has 0 aliphatic carbocycles. The van der Waals surface area contributed by atoms with Gasteiger partial charge in [-0.2, -0.15) is 4.98 Å². The number of carbonyl (C=O) groups is 2. The van der Waals surface area contributed by atoms with Crippen LogP contribution in [0, 0.1) is 6.92 Å². The number of rotatable bonds is 4. The number of benzene rings is 1. The molecule has 21 heavy (non-hydrogen) atoms. The number of hydrogen-bond donors (Lipinski definition) is 1. The van der Waals surface area contributed by atoms with Gasteiger partial charge in [0.25, 0.3) is 0 Å². The summed E-state index contributed by atoms with van der Waals surface area (Å²) in [6.45, 7) is 2.03. The zero-order chi connectivity index (χ0) is 15.2. The molecule has 0 spiro atoms. The molecule has 2 aromatic rings. The number of anilines is 1. The van der Waals surface area contributed by atoms with Crippen LogP contribution in [0.4, 0.5) is 5.69 Å². The van der Waals surface area contributed by atoms with E-state index in [9.17, 15) is 9.59 Å². The first kappa shape index (κ1) is 14.7. The summed E-state index contributed by atoms with van der Waals surface area (Å²) < 4.78 is 4.84. The van der Waals surface area contributed by atoms with Crippen LogP contribution >= 0.6 is 0 Å². The second kappa shape index (κ2) is 6.65. The van der Waals surface area contributed by atoms with Gasteiger partial charge in [0.15, 0.2) is 5.82 Å². The van der Waals surface area contributed by atoms with Gasteiger partial charge < -0.3 is 14.7 Å². The molecular formula is C14H16N4O3. The minimum absolute atomic E-state index is 0.333. The molecule has 0 saturated heterocycles. The largest absolute Gasteiger partial charge is 0.340 e. The third-order valence-corrected chi connectivity index (χ3v) is 2.81. The van der Waals surface area contributed by atoms with Crippen molar-refractivity contribution in [2.24, 2.45) is 0 Å². The summed E-state index contributed by atoms with van der Waals surface area (Å²) in [5.74, 6) is -0.302. The number of amides is 2. The molecule has 0 aliphatic rings. The lowest BCUT2D eigenvalue weighted by Crippen LogP contribution is -2.38. The highest BCUT2D eigenvalue weighted by Crippen LogP contribution is 2.05. The number of aryl methyl sites for hydroxylation is 1. The van der Waals surface area contributed by atoms with Gasteiger partial charge in [-0.15, -0.1) is 0 Å². The Morgan fingerprint density at radius 1 is 1.29 bits per heavy atom. The van der Waals surface area contributed by atoms with Crippen molar-refractivity contribution in [3.05, 3.63) is 42.0 Å². The van der Waals surface area contributed by atoms with E-state index in [1.165, 1.54) is 4.90 Å². The molecule has 7 heteroatoms. The predicted octanol–water partition coefficient (Wildman–Crippen LogP) is 1.02. The van der Waals surface area contributed by atoms with E-state index >= 15 is 0 Å².